The van der Waals surface area contributed by atoms with Gasteiger partial charge in [0, 0.05) is 25.7 Å². The van der Waals surface area contributed by atoms with E-state index in [0.29, 0.717) is 12.0 Å². The molecule has 2 rings (SSSR count). The molecular weight excluding hydrogens is 286 g/mol. The maximum atomic E-state index is 9.72. The maximum Gasteiger partial charge on any atom is 0.124 e. The first-order valence-electron chi connectivity index (χ1n) is 8.61. The van der Waals surface area contributed by atoms with Crippen LogP contribution in [0.5, 0.6) is 5.75 Å². The van der Waals surface area contributed by atoms with Gasteiger partial charge in [-0.05, 0) is 37.1 Å². The normalized spacial score (nSPS) is 21.1. The molecule has 1 aromatic carbocycles. The van der Waals surface area contributed by atoms with Gasteiger partial charge in [-0.15, -0.1) is 0 Å². The predicted molar refractivity (Wildman–Crippen MR) is 93.4 cm³/mol. The van der Waals surface area contributed by atoms with Gasteiger partial charge < -0.3 is 9.64 Å². The zero-order chi connectivity index (χ0) is 16.8. The zero-order valence-electron chi connectivity index (χ0n) is 14.8. The first-order valence-corrected chi connectivity index (χ1v) is 8.61. The lowest BCUT2D eigenvalue weighted by Gasteiger charge is -2.42. The molecule has 126 valence electrons. The quantitative estimate of drug-likeness (QED) is 0.807. The molecule has 1 saturated heterocycles. The number of likely N-dealkylation sites (N-methyl/N-ethyl adjacent to an activating group) is 1. The molecule has 2 unspecified atom stereocenters. The van der Waals surface area contributed by atoms with Gasteiger partial charge >= 0.3 is 0 Å². The molecule has 1 aliphatic rings. The van der Waals surface area contributed by atoms with E-state index in [4.69, 9.17) is 4.74 Å². The number of hydrogen-bond acceptors (Lipinski definition) is 4. The highest BCUT2D eigenvalue weighted by molar-refractivity contribution is 5.32. The SMILES string of the molecule is CCC1CN(C)CCN1C(C#N)c1ccc(OCC(C)C)cc1. The highest BCUT2D eigenvalue weighted by Crippen LogP contribution is 2.27. The van der Waals surface area contributed by atoms with E-state index in [-0.39, 0.29) is 6.04 Å². The van der Waals surface area contributed by atoms with Gasteiger partial charge in [0.05, 0.1) is 12.7 Å². The second kappa shape index (κ2) is 8.33. The van der Waals surface area contributed by atoms with E-state index >= 15 is 0 Å². The molecule has 0 amide bonds. The molecule has 1 fully saturated rings. The summed E-state index contributed by atoms with van der Waals surface area (Å²) in [6.45, 7) is 10.2. The Balaban J connectivity index is 2.09. The summed E-state index contributed by atoms with van der Waals surface area (Å²) < 4.78 is 5.73. The van der Waals surface area contributed by atoms with E-state index in [1.807, 2.05) is 24.3 Å². The Bertz CT molecular complexity index is 520. The summed E-state index contributed by atoms with van der Waals surface area (Å²) in [4.78, 5) is 4.70. The molecule has 0 bridgehead atoms. The van der Waals surface area contributed by atoms with Gasteiger partial charge in [0.2, 0.25) is 0 Å². The fraction of sp³-hybridized carbons (Fsp3) is 0.632. The molecule has 0 aromatic heterocycles. The standard InChI is InChI=1S/C19H29N3O/c1-5-17-13-21(4)10-11-22(17)19(12-20)16-6-8-18(9-7-16)23-14-15(2)3/h6-9,15,17,19H,5,10-11,13-14H2,1-4H3. The Morgan fingerprint density at radius 2 is 1.96 bits per heavy atom. The molecule has 1 aliphatic heterocycles. The fourth-order valence-corrected chi connectivity index (χ4v) is 3.08. The van der Waals surface area contributed by atoms with Crippen molar-refractivity contribution in [2.45, 2.75) is 39.3 Å². The highest BCUT2D eigenvalue weighted by atomic mass is 16.5. The average molecular weight is 315 g/mol. The van der Waals surface area contributed by atoms with Gasteiger partial charge in [0.25, 0.3) is 0 Å². The number of rotatable bonds is 6. The van der Waals surface area contributed by atoms with Crippen LogP contribution in [0.1, 0.15) is 38.8 Å². The van der Waals surface area contributed by atoms with E-state index in [1.165, 1.54) is 0 Å². The van der Waals surface area contributed by atoms with Crippen LogP contribution in [0, 0.1) is 17.2 Å². The monoisotopic (exact) mass is 315 g/mol. The van der Waals surface area contributed by atoms with Gasteiger partial charge in [0.15, 0.2) is 0 Å². The second-order valence-corrected chi connectivity index (χ2v) is 6.87. The van der Waals surface area contributed by atoms with Crippen LogP contribution in [0.3, 0.4) is 0 Å². The molecule has 1 heterocycles. The van der Waals surface area contributed by atoms with Crippen molar-refractivity contribution < 1.29 is 4.74 Å². The lowest BCUT2D eigenvalue weighted by molar-refractivity contribution is 0.0675. The molecule has 2 atom stereocenters. The molecule has 23 heavy (non-hydrogen) atoms. The predicted octanol–water partition coefficient (Wildman–Crippen LogP) is 3.31. The van der Waals surface area contributed by atoms with Crippen LogP contribution in [-0.4, -0.2) is 49.1 Å². The van der Waals surface area contributed by atoms with E-state index < -0.39 is 0 Å². The summed E-state index contributed by atoms with van der Waals surface area (Å²) in [6, 6.07) is 10.8. The van der Waals surface area contributed by atoms with Gasteiger partial charge in [-0.1, -0.05) is 32.9 Å². The minimum atomic E-state index is -0.173. The van der Waals surface area contributed by atoms with Crippen molar-refractivity contribution in [3.8, 4) is 11.8 Å². The van der Waals surface area contributed by atoms with Crippen molar-refractivity contribution in [1.82, 2.24) is 9.80 Å². The molecule has 0 radical (unpaired) electrons. The van der Waals surface area contributed by atoms with Crippen molar-refractivity contribution in [1.29, 1.82) is 5.26 Å². The lowest BCUT2D eigenvalue weighted by Crippen LogP contribution is -2.52. The minimum Gasteiger partial charge on any atom is -0.493 e. The number of nitriles is 1. The van der Waals surface area contributed by atoms with E-state index in [1.54, 1.807) is 0 Å². The first-order chi connectivity index (χ1) is 11.0. The number of nitrogens with zero attached hydrogens (tertiary/aromatic N) is 3. The number of benzene rings is 1. The molecule has 0 spiro atoms. The molecule has 0 saturated carbocycles. The Morgan fingerprint density at radius 3 is 2.52 bits per heavy atom. The van der Waals surface area contributed by atoms with Crippen molar-refractivity contribution in [3.63, 3.8) is 0 Å². The van der Waals surface area contributed by atoms with Crippen LogP contribution in [0.4, 0.5) is 0 Å². The lowest BCUT2D eigenvalue weighted by atomic mass is 10.0. The summed E-state index contributed by atoms with van der Waals surface area (Å²) in [7, 11) is 2.15. The molecule has 4 heteroatoms. The average Bonchev–Trinajstić information content (AvgIpc) is 2.55. The van der Waals surface area contributed by atoms with Gasteiger partial charge in [0.1, 0.15) is 11.8 Å². The van der Waals surface area contributed by atoms with Crippen LogP contribution in [0.15, 0.2) is 24.3 Å². The van der Waals surface area contributed by atoms with Crippen LogP contribution < -0.4 is 4.74 Å². The fourth-order valence-electron chi connectivity index (χ4n) is 3.08. The molecule has 4 nitrogen and oxygen atoms in total. The highest BCUT2D eigenvalue weighted by Gasteiger charge is 2.30. The van der Waals surface area contributed by atoms with Crippen LogP contribution in [-0.2, 0) is 0 Å². The Labute approximate surface area is 140 Å². The first kappa shape index (κ1) is 17.8. The topological polar surface area (TPSA) is 39.5 Å². The third kappa shape index (κ3) is 4.70. The van der Waals surface area contributed by atoms with Crippen molar-refractivity contribution >= 4 is 0 Å². The minimum absolute atomic E-state index is 0.173. The van der Waals surface area contributed by atoms with Gasteiger partial charge in [-0.25, -0.2) is 0 Å². The van der Waals surface area contributed by atoms with Gasteiger partial charge in [-0.3, -0.25) is 4.90 Å². The third-order valence-corrected chi connectivity index (χ3v) is 4.44. The summed E-state index contributed by atoms with van der Waals surface area (Å²) in [6.07, 6.45) is 1.07. The van der Waals surface area contributed by atoms with Crippen molar-refractivity contribution in [3.05, 3.63) is 29.8 Å². The third-order valence-electron chi connectivity index (χ3n) is 4.44. The Kier molecular flexibility index (Phi) is 6.44. The Hall–Kier alpha value is -1.57. The largest absolute Gasteiger partial charge is 0.493 e. The summed E-state index contributed by atoms with van der Waals surface area (Å²) >= 11 is 0. The zero-order valence-corrected chi connectivity index (χ0v) is 14.8. The van der Waals surface area contributed by atoms with E-state index in [9.17, 15) is 5.26 Å². The summed E-state index contributed by atoms with van der Waals surface area (Å²) in [5.74, 6) is 1.39. The van der Waals surface area contributed by atoms with Crippen LogP contribution >= 0.6 is 0 Å². The van der Waals surface area contributed by atoms with Gasteiger partial charge in [-0.2, -0.15) is 5.26 Å². The number of ether oxygens (including phenoxy) is 1. The molecule has 0 N–H and O–H groups in total. The Morgan fingerprint density at radius 1 is 1.26 bits per heavy atom. The molecular formula is C19H29N3O. The van der Waals surface area contributed by atoms with Crippen LogP contribution in [0.2, 0.25) is 0 Å². The van der Waals surface area contributed by atoms with Crippen molar-refractivity contribution in [2.24, 2.45) is 5.92 Å². The van der Waals surface area contributed by atoms with Crippen LogP contribution in [0.25, 0.3) is 0 Å². The maximum absolute atomic E-state index is 9.72. The number of hydrogen-bond donors (Lipinski definition) is 0. The summed E-state index contributed by atoms with van der Waals surface area (Å²) in [5.41, 5.74) is 1.06. The molecule has 1 aromatic rings. The molecule has 0 aliphatic carbocycles. The number of piperazine rings is 1. The summed E-state index contributed by atoms with van der Waals surface area (Å²) in [5, 5.41) is 9.72. The van der Waals surface area contributed by atoms with E-state index in [2.05, 4.69) is 43.7 Å². The van der Waals surface area contributed by atoms with Crippen molar-refractivity contribution in [2.75, 3.05) is 33.3 Å². The van der Waals surface area contributed by atoms with E-state index in [0.717, 1.165) is 44.0 Å². The second-order valence-electron chi connectivity index (χ2n) is 6.87. The smallest absolute Gasteiger partial charge is 0.124 e.